The van der Waals surface area contributed by atoms with Gasteiger partial charge in [0, 0.05) is 33.8 Å². The number of hydrogen-bond acceptors (Lipinski definition) is 3. The standard InChI is InChI=1S/C20H21Cl2N3O2/c1-12(2)25(11-18(23)26)20(10-13-4-3-5-14(21)8-13)16-7-6-15(22)9-17(16)24-19(20)27/h3-9,12H,10-11H2,1-2H3,(H2,23,26)(H,24,27). The quantitative estimate of drug-likeness (QED) is 0.770. The highest BCUT2D eigenvalue weighted by Crippen LogP contribution is 2.44. The number of nitrogens with two attached hydrogens (primary N) is 1. The summed E-state index contributed by atoms with van der Waals surface area (Å²) in [5.41, 5.74) is 6.72. The van der Waals surface area contributed by atoms with E-state index in [1.165, 1.54) is 0 Å². The third kappa shape index (κ3) is 3.68. The summed E-state index contributed by atoms with van der Waals surface area (Å²) in [5.74, 6) is -0.709. The van der Waals surface area contributed by atoms with E-state index in [-0.39, 0.29) is 18.5 Å². The number of fused-ring (bicyclic) bond motifs is 1. The molecule has 1 unspecified atom stereocenters. The van der Waals surface area contributed by atoms with Crippen LogP contribution < -0.4 is 11.1 Å². The number of anilines is 1. The molecule has 1 aliphatic heterocycles. The van der Waals surface area contributed by atoms with Gasteiger partial charge in [-0.1, -0.05) is 41.4 Å². The molecule has 1 atom stereocenters. The van der Waals surface area contributed by atoms with Gasteiger partial charge in [0.2, 0.25) is 11.8 Å². The molecule has 0 aromatic heterocycles. The first-order valence-corrected chi connectivity index (χ1v) is 9.40. The number of nitrogens with one attached hydrogen (secondary N) is 1. The van der Waals surface area contributed by atoms with Crippen LogP contribution in [0.5, 0.6) is 0 Å². The van der Waals surface area contributed by atoms with E-state index in [1.807, 2.05) is 43.0 Å². The molecule has 3 N–H and O–H groups in total. The molecule has 0 spiro atoms. The summed E-state index contributed by atoms with van der Waals surface area (Å²) in [6.45, 7) is 3.82. The highest BCUT2D eigenvalue weighted by Gasteiger charge is 2.52. The monoisotopic (exact) mass is 405 g/mol. The second kappa shape index (κ2) is 7.50. The lowest BCUT2D eigenvalue weighted by Crippen LogP contribution is -2.57. The van der Waals surface area contributed by atoms with Crippen molar-refractivity contribution in [3.8, 4) is 0 Å². The Morgan fingerprint density at radius 1 is 1.19 bits per heavy atom. The fourth-order valence-electron chi connectivity index (χ4n) is 3.76. The van der Waals surface area contributed by atoms with Crippen LogP contribution in [0.15, 0.2) is 42.5 Å². The van der Waals surface area contributed by atoms with E-state index in [0.29, 0.717) is 22.2 Å². The topological polar surface area (TPSA) is 75.4 Å². The van der Waals surface area contributed by atoms with Crippen molar-refractivity contribution in [3.05, 3.63) is 63.6 Å². The Kier molecular flexibility index (Phi) is 5.47. The Morgan fingerprint density at radius 3 is 2.52 bits per heavy atom. The normalized spacial score (nSPS) is 18.7. The van der Waals surface area contributed by atoms with Gasteiger partial charge in [-0.05, 0) is 43.7 Å². The lowest BCUT2D eigenvalue weighted by atomic mass is 9.82. The van der Waals surface area contributed by atoms with Crippen molar-refractivity contribution in [3.63, 3.8) is 0 Å². The van der Waals surface area contributed by atoms with Gasteiger partial charge in [0.1, 0.15) is 5.54 Å². The van der Waals surface area contributed by atoms with Crippen molar-refractivity contribution in [2.45, 2.75) is 31.8 Å². The maximum atomic E-state index is 13.3. The van der Waals surface area contributed by atoms with Gasteiger partial charge in [-0.15, -0.1) is 0 Å². The number of carbonyl (C=O) groups is 2. The van der Waals surface area contributed by atoms with Crippen LogP contribution in [0.2, 0.25) is 10.0 Å². The van der Waals surface area contributed by atoms with Crippen LogP contribution in [0.4, 0.5) is 5.69 Å². The molecule has 1 heterocycles. The Labute approximate surface area is 168 Å². The summed E-state index contributed by atoms with van der Waals surface area (Å²) >= 11 is 12.3. The summed E-state index contributed by atoms with van der Waals surface area (Å²) in [5, 5.41) is 4.04. The summed E-state index contributed by atoms with van der Waals surface area (Å²) in [6, 6.07) is 12.6. The van der Waals surface area contributed by atoms with Gasteiger partial charge in [0.05, 0.1) is 6.54 Å². The fraction of sp³-hybridized carbons (Fsp3) is 0.300. The highest BCUT2D eigenvalue weighted by molar-refractivity contribution is 6.31. The zero-order chi connectivity index (χ0) is 19.8. The SMILES string of the molecule is CC(C)N(CC(N)=O)C1(Cc2cccc(Cl)c2)C(=O)Nc2cc(Cl)ccc21. The largest absolute Gasteiger partial charge is 0.369 e. The zero-order valence-electron chi connectivity index (χ0n) is 15.1. The first kappa shape index (κ1) is 19.7. The van der Waals surface area contributed by atoms with Crippen LogP contribution in [0, 0.1) is 0 Å². The number of benzene rings is 2. The molecule has 0 saturated heterocycles. The lowest BCUT2D eigenvalue weighted by molar-refractivity contribution is -0.132. The molecule has 2 amide bonds. The maximum absolute atomic E-state index is 13.3. The minimum absolute atomic E-state index is 0.0479. The molecule has 27 heavy (non-hydrogen) atoms. The second-order valence-corrected chi connectivity index (χ2v) is 7.87. The number of primary amides is 1. The van der Waals surface area contributed by atoms with Crippen LogP contribution in [-0.2, 0) is 21.5 Å². The molecule has 7 heteroatoms. The first-order chi connectivity index (χ1) is 12.7. The van der Waals surface area contributed by atoms with E-state index in [4.69, 9.17) is 28.9 Å². The highest BCUT2D eigenvalue weighted by atomic mass is 35.5. The third-order valence-electron chi connectivity index (χ3n) is 4.84. The van der Waals surface area contributed by atoms with Crippen molar-refractivity contribution in [2.75, 3.05) is 11.9 Å². The van der Waals surface area contributed by atoms with Gasteiger partial charge in [0.25, 0.3) is 0 Å². The molecule has 5 nitrogen and oxygen atoms in total. The summed E-state index contributed by atoms with van der Waals surface area (Å²) in [4.78, 5) is 26.9. The Morgan fingerprint density at radius 2 is 1.89 bits per heavy atom. The predicted molar refractivity (Wildman–Crippen MR) is 108 cm³/mol. The maximum Gasteiger partial charge on any atom is 0.249 e. The Bertz CT molecular complexity index is 901. The van der Waals surface area contributed by atoms with Gasteiger partial charge in [-0.25, -0.2) is 0 Å². The van der Waals surface area contributed by atoms with E-state index in [0.717, 1.165) is 11.1 Å². The molecule has 0 fully saturated rings. The number of nitrogens with zero attached hydrogens (tertiary/aromatic N) is 1. The Hall–Kier alpha value is -2.08. The molecule has 142 valence electrons. The van der Waals surface area contributed by atoms with Crippen LogP contribution in [0.25, 0.3) is 0 Å². The molecule has 3 rings (SSSR count). The van der Waals surface area contributed by atoms with Crippen molar-refractivity contribution < 1.29 is 9.59 Å². The first-order valence-electron chi connectivity index (χ1n) is 8.65. The van der Waals surface area contributed by atoms with Gasteiger partial charge in [0.15, 0.2) is 0 Å². The molecular formula is C20H21Cl2N3O2. The van der Waals surface area contributed by atoms with E-state index in [1.54, 1.807) is 18.2 Å². The minimum atomic E-state index is -1.09. The smallest absolute Gasteiger partial charge is 0.249 e. The predicted octanol–water partition coefficient (Wildman–Crippen LogP) is 3.58. The number of halogens is 2. The minimum Gasteiger partial charge on any atom is -0.369 e. The average Bonchev–Trinajstić information content (AvgIpc) is 2.84. The van der Waals surface area contributed by atoms with Crippen LogP contribution >= 0.6 is 23.2 Å². The van der Waals surface area contributed by atoms with Crippen molar-refractivity contribution in [2.24, 2.45) is 5.73 Å². The summed E-state index contributed by atoms with van der Waals surface area (Å²) in [7, 11) is 0. The molecule has 0 saturated carbocycles. The average molecular weight is 406 g/mol. The van der Waals surface area contributed by atoms with Gasteiger partial charge >= 0.3 is 0 Å². The molecule has 0 radical (unpaired) electrons. The van der Waals surface area contributed by atoms with Crippen LogP contribution in [-0.4, -0.2) is 29.3 Å². The van der Waals surface area contributed by atoms with Gasteiger partial charge in [-0.2, -0.15) is 0 Å². The van der Waals surface area contributed by atoms with E-state index >= 15 is 0 Å². The molecular weight excluding hydrogens is 385 g/mol. The number of hydrogen-bond donors (Lipinski definition) is 2. The number of carbonyl (C=O) groups excluding carboxylic acids is 2. The molecule has 0 aliphatic carbocycles. The second-order valence-electron chi connectivity index (χ2n) is 7.00. The van der Waals surface area contributed by atoms with Crippen molar-refractivity contribution >= 4 is 40.7 Å². The lowest BCUT2D eigenvalue weighted by Gasteiger charge is -2.42. The third-order valence-corrected chi connectivity index (χ3v) is 5.31. The van der Waals surface area contributed by atoms with Crippen LogP contribution in [0.3, 0.4) is 0 Å². The van der Waals surface area contributed by atoms with Gasteiger partial charge in [-0.3, -0.25) is 14.5 Å². The zero-order valence-corrected chi connectivity index (χ0v) is 16.6. The van der Waals surface area contributed by atoms with Crippen molar-refractivity contribution in [1.29, 1.82) is 0 Å². The van der Waals surface area contributed by atoms with Crippen LogP contribution in [0.1, 0.15) is 25.0 Å². The Balaban J connectivity index is 2.21. The van der Waals surface area contributed by atoms with E-state index in [9.17, 15) is 9.59 Å². The summed E-state index contributed by atoms with van der Waals surface area (Å²) in [6.07, 6.45) is 0.347. The van der Waals surface area contributed by atoms with E-state index in [2.05, 4.69) is 5.32 Å². The molecule has 1 aliphatic rings. The van der Waals surface area contributed by atoms with Gasteiger partial charge < -0.3 is 11.1 Å². The molecule has 2 aromatic carbocycles. The summed E-state index contributed by atoms with van der Waals surface area (Å²) < 4.78 is 0. The number of amides is 2. The van der Waals surface area contributed by atoms with E-state index < -0.39 is 11.4 Å². The molecule has 0 bridgehead atoms. The van der Waals surface area contributed by atoms with Crippen molar-refractivity contribution in [1.82, 2.24) is 4.90 Å². The fourth-order valence-corrected chi connectivity index (χ4v) is 4.14. The molecule has 2 aromatic rings. The number of rotatable bonds is 6.